The zero-order valence-electron chi connectivity index (χ0n) is 9.19. The topological polar surface area (TPSA) is 38.3 Å². The number of hydrogen-bond donors (Lipinski definition) is 1. The maximum atomic E-state index is 11.3. The molecule has 82 valence electrons. The fourth-order valence-corrected chi connectivity index (χ4v) is 1.19. The Bertz CT molecular complexity index is 298. The van der Waals surface area contributed by atoms with Crippen LogP contribution >= 0.6 is 0 Å². The lowest BCUT2D eigenvalue weighted by Crippen LogP contribution is -2.22. The van der Waals surface area contributed by atoms with E-state index in [4.69, 9.17) is 4.74 Å². The monoisotopic (exact) mass is 207 g/mol. The average molecular weight is 207 g/mol. The molecule has 0 heterocycles. The molecule has 0 unspecified atom stereocenters. The Balaban J connectivity index is 2.34. The van der Waals surface area contributed by atoms with Crippen LogP contribution in [0, 0.1) is 5.92 Å². The minimum Gasteiger partial charge on any atom is -0.466 e. The number of esters is 1. The van der Waals surface area contributed by atoms with E-state index in [0.717, 1.165) is 5.69 Å². The molecule has 15 heavy (non-hydrogen) atoms. The Labute approximate surface area is 90.4 Å². The molecule has 0 spiro atoms. The lowest BCUT2D eigenvalue weighted by Gasteiger charge is -2.12. The first kappa shape index (κ1) is 11.6. The third kappa shape index (κ3) is 4.02. The summed E-state index contributed by atoms with van der Waals surface area (Å²) >= 11 is 0. The molecule has 0 saturated heterocycles. The van der Waals surface area contributed by atoms with Crippen molar-refractivity contribution in [1.82, 2.24) is 0 Å². The summed E-state index contributed by atoms with van der Waals surface area (Å²) in [6, 6.07) is 9.81. The Morgan fingerprint density at radius 2 is 2.07 bits per heavy atom. The second kappa shape index (κ2) is 6.06. The van der Waals surface area contributed by atoms with Gasteiger partial charge in [-0.05, 0) is 19.1 Å². The number of carbonyl (C=O) groups excluding carboxylic acids is 1. The molecule has 0 aliphatic rings. The van der Waals surface area contributed by atoms with Crippen molar-refractivity contribution in [3.8, 4) is 0 Å². The van der Waals surface area contributed by atoms with Crippen LogP contribution in [0.3, 0.4) is 0 Å². The van der Waals surface area contributed by atoms with Crippen LogP contribution in [0.1, 0.15) is 13.8 Å². The zero-order chi connectivity index (χ0) is 11.1. The molecule has 3 nitrogen and oxygen atoms in total. The highest BCUT2D eigenvalue weighted by atomic mass is 16.5. The van der Waals surface area contributed by atoms with E-state index >= 15 is 0 Å². The normalized spacial score (nSPS) is 11.9. The van der Waals surface area contributed by atoms with E-state index in [-0.39, 0.29) is 11.9 Å². The van der Waals surface area contributed by atoms with Crippen molar-refractivity contribution in [2.75, 3.05) is 18.5 Å². The minimum atomic E-state index is -0.152. The summed E-state index contributed by atoms with van der Waals surface area (Å²) in [4.78, 5) is 11.3. The third-order valence-corrected chi connectivity index (χ3v) is 2.08. The summed E-state index contributed by atoms with van der Waals surface area (Å²) in [7, 11) is 0. The molecular formula is C12H17NO2. The van der Waals surface area contributed by atoms with Crippen LogP contribution in [0.2, 0.25) is 0 Å². The van der Waals surface area contributed by atoms with Gasteiger partial charge in [0.2, 0.25) is 0 Å². The van der Waals surface area contributed by atoms with E-state index in [0.29, 0.717) is 13.2 Å². The Hall–Kier alpha value is -1.51. The molecule has 1 N–H and O–H groups in total. The predicted molar refractivity (Wildman–Crippen MR) is 60.7 cm³/mol. The number of rotatable bonds is 5. The number of carbonyl (C=O) groups is 1. The highest BCUT2D eigenvalue weighted by Gasteiger charge is 2.12. The molecular weight excluding hydrogens is 190 g/mol. The Kier molecular flexibility index (Phi) is 4.68. The smallest absolute Gasteiger partial charge is 0.310 e. The zero-order valence-corrected chi connectivity index (χ0v) is 9.19. The number of para-hydroxylation sites is 1. The molecule has 0 amide bonds. The predicted octanol–water partition coefficient (Wildman–Crippen LogP) is 2.30. The summed E-state index contributed by atoms with van der Waals surface area (Å²) in [5.74, 6) is -0.272. The molecule has 1 aromatic carbocycles. The van der Waals surface area contributed by atoms with Gasteiger partial charge < -0.3 is 10.1 Å². The van der Waals surface area contributed by atoms with Crippen molar-refractivity contribution in [3.63, 3.8) is 0 Å². The first-order valence-electron chi connectivity index (χ1n) is 5.19. The van der Waals surface area contributed by atoms with Crippen LogP contribution < -0.4 is 5.32 Å². The van der Waals surface area contributed by atoms with E-state index < -0.39 is 0 Å². The molecule has 0 aliphatic heterocycles. The number of benzene rings is 1. The van der Waals surface area contributed by atoms with Crippen LogP contribution in [0.5, 0.6) is 0 Å². The van der Waals surface area contributed by atoms with Crippen LogP contribution in [0.4, 0.5) is 5.69 Å². The molecule has 1 rings (SSSR count). The van der Waals surface area contributed by atoms with Gasteiger partial charge >= 0.3 is 5.97 Å². The van der Waals surface area contributed by atoms with E-state index in [1.807, 2.05) is 44.2 Å². The standard InChI is InChI=1S/C12H17NO2/c1-3-15-12(14)10(2)9-13-11-7-5-4-6-8-11/h4-8,10,13H,3,9H2,1-2H3/t10-/m0/s1. The SMILES string of the molecule is CCOC(=O)[C@@H](C)CNc1ccccc1. The van der Waals surface area contributed by atoms with Crippen LogP contribution in [-0.4, -0.2) is 19.1 Å². The van der Waals surface area contributed by atoms with Crippen molar-refractivity contribution >= 4 is 11.7 Å². The maximum Gasteiger partial charge on any atom is 0.310 e. The number of hydrogen-bond acceptors (Lipinski definition) is 3. The summed E-state index contributed by atoms with van der Waals surface area (Å²) in [5.41, 5.74) is 1.02. The number of ether oxygens (including phenoxy) is 1. The fourth-order valence-electron chi connectivity index (χ4n) is 1.19. The van der Waals surface area contributed by atoms with Gasteiger partial charge in [-0.15, -0.1) is 0 Å². The van der Waals surface area contributed by atoms with Gasteiger partial charge in [0.15, 0.2) is 0 Å². The van der Waals surface area contributed by atoms with Crippen molar-refractivity contribution in [2.24, 2.45) is 5.92 Å². The van der Waals surface area contributed by atoms with Gasteiger partial charge in [-0.25, -0.2) is 0 Å². The van der Waals surface area contributed by atoms with Gasteiger partial charge in [0, 0.05) is 12.2 Å². The lowest BCUT2D eigenvalue weighted by atomic mass is 10.2. The first-order valence-corrected chi connectivity index (χ1v) is 5.19. The fraction of sp³-hybridized carbons (Fsp3) is 0.417. The van der Waals surface area contributed by atoms with Crippen molar-refractivity contribution in [1.29, 1.82) is 0 Å². The second-order valence-corrected chi connectivity index (χ2v) is 3.40. The van der Waals surface area contributed by atoms with Gasteiger partial charge in [0.1, 0.15) is 0 Å². The van der Waals surface area contributed by atoms with Crippen LogP contribution in [0.15, 0.2) is 30.3 Å². The lowest BCUT2D eigenvalue weighted by molar-refractivity contribution is -0.146. The highest BCUT2D eigenvalue weighted by Crippen LogP contribution is 2.07. The third-order valence-electron chi connectivity index (χ3n) is 2.08. The summed E-state index contributed by atoms with van der Waals surface area (Å²) < 4.78 is 4.91. The molecule has 0 fully saturated rings. The quantitative estimate of drug-likeness (QED) is 0.753. The molecule has 1 aromatic rings. The number of anilines is 1. The van der Waals surface area contributed by atoms with Crippen molar-refractivity contribution < 1.29 is 9.53 Å². The second-order valence-electron chi connectivity index (χ2n) is 3.40. The van der Waals surface area contributed by atoms with Gasteiger partial charge in [0.05, 0.1) is 12.5 Å². The summed E-state index contributed by atoms with van der Waals surface area (Å²) in [6.45, 7) is 4.71. The maximum absolute atomic E-state index is 11.3. The van der Waals surface area contributed by atoms with Gasteiger partial charge in [-0.2, -0.15) is 0 Å². The van der Waals surface area contributed by atoms with Crippen LogP contribution in [0.25, 0.3) is 0 Å². The summed E-state index contributed by atoms with van der Waals surface area (Å²) in [6.07, 6.45) is 0. The molecule has 0 bridgehead atoms. The number of nitrogens with one attached hydrogen (secondary N) is 1. The molecule has 0 saturated carbocycles. The van der Waals surface area contributed by atoms with E-state index in [9.17, 15) is 4.79 Å². The van der Waals surface area contributed by atoms with Crippen molar-refractivity contribution in [2.45, 2.75) is 13.8 Å². The molecule has 3 heteroatoms. The van der Waals surface area contributed by atoms with E-state index in [1.54, 1.807) is 0 Å². The largest absolute Gasteiger partial charge is 0.466 e. The molecule has 0 aromatic heterocycles. The highest BCUT2D eigenvalue weighted by molar-refractivity contribution is 5.72. The average Bonchev–Trinajstić information content (AvgIpc) is 2.27. The molecule has 1 atom stereocenters. The van der Waals surface area contributed by atoms with Gasteiger partial charge in [-0.3, -0.25) is 4.79 Å². The summed E-state index contributed by atoms with van der Waals surface area (Å²) in [5, 5.41) is 3.18. The van der Waals surface area contributed by atoms with Gasteiger partial charge in [0.25, 0.3) is 0 Å². The van der Waals surface area contributed by atoms with E-state index in [2.05, 4.69) is 5.32 Å². The minimum absolute atomic E-state index is 0.120. The Morgan fingerprint density at radius 1 is 1.40 bits per heavy atom. The Morgan fingerprint density at radius 3 is 2.67 bits per heavy atom. The first-order chi connectivity index (χ1) is 7.24. The van der Waals surface area contributed by atoms with E-state index in [1.165, 1.54) is 0 Å². The van der Waals surface area contributed by atoms with Gasteiger partial charge in [-0.1, -0.05) is 25.1 Å². The molecule has 0 radical (unpaired) electrons. The molecule has 0 aliphatic carbocycles. The van der Waals surface area contributed by atoms with Crippen molar-refractivity contribution in [3.05, 3.63) is 30.3 Å². The van der Waals surface area contributed by atoms with Crippen LogP contribution in [-0.2, 0) is 9.53 Å².